The molecule has 1 saturated heterocycles. The van der Waals surface area contributed by atoms with Gasteiger partial charge in [0.05, 0.1) is 13.2 Å². The van der Waals surface area contributed by atoms with Gasteiger partial charge in [0.2, 0.25) is 0 Å². The second-order valence-corrected chi connectivity index (χ2v) is 4.00. The van der Waals surface area contributed by atoms with E-state index in [1.165, 1.54) is 0 Å². The summed E-state index contributed by atoms with van der Waals surface area (Å²) in [7, 11) is 0. The Morgan fingerprint density at radius 3 is 2.53 bits per heavy atom. The zero-order valence-electron chi connectivity index (χ0n) is 9.27. The monoisotopic (exact) mass is 240 g/mol. The van der Waals surface area contributed by atoms with E-state index in [9.17, 15) is 10.2 Å². The van der Waals surface area contributed by atoms with Gasteiger partial charge >= 0.3 is 0 Å². The minimum atomic E-state index is -1.30. The van der Waals surface area contributed by atoms with Gasteiger partial charge in [-0.05, 0) is 5.56 Å². The van der Waals surface area contributed by atoms with Crippen LogP contribution in [0, 0.1) is 0 Å². The average molecular weight is 240 g/mol. The summed E-state index contributed by atoms with van der Waals surface area (Å²) in [4.78, 5) is 0. The van der Waals surface area contributed by atoms with Gasteiger partial charge in [0.15, 0.2) is 6.29 Å². The number of rotatable bonds is 4. The largest absolute Gasteiger partial charge is 0.394 e. The van der Waals surface area contributed by atoms with Crippen LogP contribution in [-0.2, 0) is 16.1 Å². The van der Waals surface area contributed by atoms with Crippen LogP contribution in [0.25, 0.3) is 0 Å². The predicted octanol–water partition coefficient (Wildman–Crippen LogP) is -0.358. The molecule has 5 nitrogen and oxygen atoms in total. The summed E-state index contributed by atoms with van der Waals surface area (Å²) >= 11 is 0. The molecule has 0 spiro atoms. The van der Waals surface area contributed by atoms with Crippen molar-refractivity contribution in [3.63, 3.8) is 0 Å². The maximum atomic E-state index is 9.63. The zero-order chi connectivity index (χ0) is 12.3. The van der Waals surface area contributed by atoms with Crippen molar-refractivity contribution in [2.24, 2.45) is 0 Å². The van der Waals surface area contributed by atoms with Gasteiger partial charge in [0.1, 0.15) is 18.3 Å². The molecule has 0 radical (unpaired) electrons. The van der Waals surface area contributed by atoms with Gasteiger partial charge in [0, 0.05) is 0 Å². The van der Waals surface area contributed by atoms with Crippen LogP contribution in [0.15, 0.2) is 30.3 Å². The molecule has 94 valence electrons. The maximum Gasteiger partial charge on any atom is 0.184 e. The molecule has 17 heavy (non-hydrogen) atoms. The molecule has 1 aromatic carbocycles. The van der Waals surface area contributed by atoms with Crippen LogP contribution in [0.3, 0.4) is 0 Å². The van der Waals surface area contributed by atoms with Crippen molar-refractivity contribution in [1.82, 2.24) is 0 Å². The minimum Gasteiger partial charge on any atom is -0.394 e. The highest BCUT2D eigenvalue weighted by Gasteiger charge is 2.43. The van der Waals surface area contributed by atoms with Crippen molar-refractivity contribution in [1.29, 1.82) is 0 Å². The molecule has 1 unspecified atom stereocenters. The van der Waals surface area contributed by atoms with E-state index in [-0.39, 0.29) is 6.61 Å². The van der Waals surface area contributed by atoms with E-state index < -0.39 is 24.6 Å². The lowest BCUT2D eigenvalue weighted by Crippen LogP contribution is -2.36. The number of aliphatic hydroxyl groups excluding tert-OH is 3. The summed E-state index contributed by atoms with van der Waals surface area (Å²) in [5, 5.41) is 28.0. The second-order valence-electron chi connectivity index (χ2n) is 4.00. The van der Waals surface area contributed by atoms with Crippen LogP contribution in [-0.4, -0.2) is 46.5 Å². The van der Waals surface area contributed by atoms with E-state index in [0.29, 0.717) is 6.61 Å². The lowest BCUT2D eigenvalue weighted by molar-refractivity contribution is -0.132. The molecule has 0 aliphatic carbocycles. The molecule has 5 heteroatoms. The van der Waals surface area contributed by atoms with Crippen molar-refractivity contribution >= 4 is 0 Å². The third-order valence-electron chi connectivity index (χ3n) is 2.77. The first-order valence-corrected chi connectivity index (χ1v) is 5.50. The molecule has 1 fully saturated rings. The molecule has 4 atom stereocenters. The lowest BCUT2D eigenvalue weighted by atomic mass is 10.1. The second kappa shape index (κ2) is 5.57. The first-order chi connectivity index (χ1) is 8.22. The Morgan fingerprint density at radius 1 is 1.18 bits per heavy atom. The summed E-state index contributed by atoms with van der Waals surface area (Å²) in [5.74, 6) is 0. The molecule has 0 bridgehead atoms. The Labute approximate surface area is 99.2 Å². The molecule has 1 aromatic rings. The van der Waals surface area contributed by atoms with Gasteiger partial charge in [-0.15, -0.1) is 0 Å². The van der Waals surface area contributed by atoms with Crippen molar-refractivity contribution in [3.05, 3.63) is 35.9 Å². The summed E-state index contributed by atoms with van der Waals surface area (Å²) in [6.45, 7) is 0.00270. The zero-order valence-corrected chi connectivity index (χ0v) is 9.27. The van der Waals surface area contributed by atoms with Crippen LogP contribution in [0.5, 0.6) is 0 Å². The molecule has 0 amide bonds. The Bertz CT molecular complexity index is 342. The first kappa shape index (κ1) is 12.5. The van der Waals surface area contributed by atoms with Crippen LogP contribution in [0.2, 0.25) is 0 Å². The topological polar surface area (TPSA) is 79.2 Å². The van der Waals surface area contributed by atoms with Crippen molar-refractivity contribution in [2.45, 2.75) is 31.2 Å². The fourth-order valence-electron chi connectivity index (χ4n) is 1.84. The molecule has 3 N–H and O–H groups in total. The number of ether oxygens (including phenoxy) is 2. The normalized spacial score (nSPS) is 32.9. The predicted molar refractivity (Wildman–Crippen MR) is 59.0 cm³/mol. The first-order valence-electron chi connectivity index (χ1n) is 5.50. The van der Waals surface area contributed by atoms with Crippen molar-refractivity contribution in [3.8, 4) is 0 Å². The smallest absolute Gasteiger partial charge is 0.184 e. The van der Waals surface area contributed by atoms with E-state index in [4.69, 9.17) is 14.6 Å². The number of hydrogen-bond acceptors (Lipinski definition) is 5. The van der Waals surface area contributed by atoms with Crippen LogP contribution < -0.4 is 0 Å². The van der Waals surface area contributed by atoms with Gasteiger partial charge in [-0.1, -0.05) is 30.3 Å². The molecule has 0 aromatic heterocycles. The van der Waals surface area contributed by atoms with E-state index >= 15 is 0 Å². The van der Waals surface area contributed by atoms with Crippen LogP contribution >= 0.6 is 0 Å². The molecule has 2 rings (SSSR count). The number of hydrogen-bond donors (Lipinski definition) is 3. The highest BCUT2D eigenvalue weighted by molar-refractivity contribution is 5.13. The highest BCUT2D eigenvalue weighted by atomic mass is 16.7. The summed E-state index contributed by atoms with van der Waals surface area (Å²) in [6, 6.07) is 9.47. The molecular formula is C12H16O5. The van der Waals surface area contributed by atoms with E-state index in [0.717, 1.165) is 5.56 Å². The Balaban J connectivity index is 1.93. The average Bonchev–Trinajstić information content (AvgIpc) is 2.64. The van der Waals surface area contributed by atoms with Gasteiger partial charge in [-0.25, -0.2) is 0 Å². The minimum absolute atomic E-state index is 0.298. The Morgan fingerprint density at radius 2 is 1.88 bits per heavy atom. The quantitative estimate of drug-likeness (QED) is 0.670. The molecular weight excluding hydrogens is 224 g/mol. The van der Waals surface area contributed by atoms with Gasteiger partial charge in [-0.3, -0.25) is 0 Å². The van der Waals surface area contributed by atoms with Crippen molar-refractivity contribution < 1.29 is 24.8 Å². The van der Waals surface area contributed by atoms with Gasteiger partial charge in [0.25, 0.3) is 0 Å². The Hall–Kier alpha value is -0.980. The van der Waals surface area contributed by atoms with E-state index in [1.807, 2.05) is 30.3 Å². The molecule has 0 saturated carbocycles. The molecule has 1 heterocycles. The fourth-order valence-corrected chi connectivity index (χ4v) is 1.84. The summed E-state index contributed by atoms with van der Waals surface area (Å²) in [5.41, 5.74) is 0.956. The van der Waals surface area contributed by atoms with Crippen LogP contribution in [0.4, 0.5) is 0 Å². The molecule has 1 aliphatic heterocycles. The number of benzene rings is 1. The van der Waals surface area contributed by atoms with Gasteiger partial charge in [-0.2, -0.15) is 0 Å². The maximum absolute atomic E-state index is 9.63. The van der Waals surface area contributed by atoms with E-state index in [1.54, 1.807) is 0 Å². The van der Waals surface area contributed by atoms with Crippen LogP contribution in [0.1, 0.15) is 5.56 Å². The van der Waals surface area contributed by atoms with Gasteiger partial charge < -0.3 is 24.8 Å². The highest BCUT2D eigenvalue weighted by Crippen LogP contribution is 2.23. The fraction of sp³-hybridized carbons (Fsp3) is 0.500. The third kappa shape index (κ3) is 2.83. The Kier molecular flexibility index (Phi) is 4.09. The van der Waals surface area contributed by atoms with E-state index in [2.05, 4.69) is 0 Å². The SMILES string of the molecule is OC[C@H]1OC(O)[C@H](O)[C@H]1OCc1ccccc1. The molecule has 1 aliphatic rings. The number of aliphatic hydroxyl groups is 3. The standard InChI is InChI=1S/C12H16O5/c13-6-9-11(10(14)12(15)17-9)16-7-8-4-2-1-3-5-8/h1-5,9-15H,6-7H2/t9-,10-,11+,12?/m1/s1. The lowest BCUT2D eigenvalue weighted by Gasteiger charge is -2.19. The van der Waals surface area contributed by atoms with Crippen molar-refractivity contribution in [2.75, 3.05) is 6.61 Å². The summed E-state index contributed by atoms with van der Waals surface area (Å²) < 4.78 is 10.4. The summed E-state index contributed by atoms with van der Waals surface area (Å²) in [6.07, 6.45) is -3.83. The third-order valence-corrected chi connectivity index (χ3v) is 2.77.